The first-order valence-corrected chi connectivity index (χ1v) is 7.96. The standard InChI is InChI=1S/C15H18N4OS/c1-18(2)14(20)12-5-3-4-11(8-12)9-21-15-17-16-10-19(15)13-6-7-13/h3-5,8,10,13H,6-7,9H2,1-2H3. The summed E-state index contributed by atoms with van der Waals surface area (Å²) in [7, 11) is 3.53. The summed E-state index contributed by atoms with van der Waals surface area (Å²) in [6, 6.07) is 8.36. The molecule has 2 aromatic rings. The molecule has 1 aliphatic rings. The topological polar surface area (TPSA) is 51.0 Å². The van der Waals surface area contributed by atoms with Gasteiger partial charge in [-0.2, -0.15) is 0 Å². The van der Waals surface area contributed by atoms with Gasteiger partial charge in [0.05, 0.1) is 0 Å². The third-order valence-electron chi connectivity index (χ3n) is 3.43. The summed E-state index contributed by atoms with van der Waals surface area (Å²) in [5.74, 6) is 0.822. The predicted molar refractivity (Wildman–Crippen MR) is 82.3 cm³/mol. The number of rotatable bonds is 5. The zero-order valence-corrected chi connectivity index (χ0v) is 13.0. The van der Waals surface area contributed by atoms with Crippen LogP contribution < -0.4 is 0 Å². The molecule has 1 fully saturated rings. The van der Waals surface area contributed by atoms with Crippen LogP contribution in [0, 0.1) is 0 Å². The fraction of sp³-hybridized carbons (Fsp3) is 0.400. The van der Waals surface area contributed by atoms with Crippen molar-refractivity contribution in [3.8, 4) is 0 Å². The Morgan fingerprint density at radius 2 is 2.24 bits per heavy atom. The van der Waals surface area contributed by atoms with Gasteiger partial charge in [-0.3, -0.25) is 4.79 Å². The van der Waals surface area contributed by atoms with Crippen LogP contribution in [-0.2, 0) is 5.75 Å². The van der Waals surface area contributed by atoms with E-state index in [4.69, 9.17) is 0 Å². The highest BCUT2D eigenvalue weighted by Crippen LogP contribution is 2.37. The number of carbonyl (C=O) groups is 1. The number of hydrogen-bond donors (Lipinski definition) is 0. The molecule has 0 spiro atoms. The van der Waals surface area contributed by atoms with Crippen LogP contribution in [0.3, 0.4) is 0 Å². The Morgan fingerprint density at radius 3 is 2.95 bits per heavy atom. The average molecular weight is 302 g/mol. The van der Waals surface area contributed by atoms with E-state index < -0.39 is 0 Å². The van der Waals surface area contributed by atoms with E-state index in [-0.39, 0.29) is 5.91 Å². The molecule has 5 nitrogen and oxygen atoms in total. The third-order valence-corrected chi connectivity index (χ3v) is 4.46. The molecule has 0 N–H and O–H groups in total. The van der Waals surface area contributed by atoms with Gasteiger partial charge in [0.2, 0.25) is 0 Å². The number of benzene rings is 1. The summed E-state index contributed by atoms with van der Waals surface area (Å²) in [6.45, 7) is 0. The Kier molecular flexibility index (Phi) is 3.96. The Balaban J connectivity index is 1.69. The highest BCUT2D eigenvalue weighted by atomic mass is 32.2. The molecule has 1 heterocycles. The van der Waals surface area contributed by atoms with Gasteiger partial charge in [0.25, 0.3) is 5.91 Å². The van der Waals surface area contributed by atoms with Crippen molar-refractivity contribution in [2.45, 2.75) is 29.8 Å². The Bertz CT molecular complexity index is 649. The Labute approximate surface area is 128 Å². The van der Waals surface area contributed by atoms with E-state index in [1.165, 1.54) is 12.8 Å². The Morgan fingerprint density at radius 1 is 1.43 bits per heavy atom. The van der Waals surface area contributed by atoms with E-state index in [0.717, 1.165) is 22.0 Å². The van der Waals surface area contributed by atoms with Gasteiger partial charge < -0.3 is 9.47 Å². The molecule has 6 heteroatoms. The van der Waals surface area contributed by atoms with Crippen LogP contribution in [0.15, 0.2) is 35.7 Å². The SMILES string of the molecule is CN(C)C(=O)c1cccc(CSc2nncn2C2CC2)c1. The molecule has 110 valence electrons. The van der Waals surface area contributed by atoms with Gasteiger partial charge in [-0.15, -0.1) is 10.2 Å². The number of carbonyl (C=O) groups excluding carboxylic acids is 1. The second-order valence-corrected chi connectivity index (χ2v) is 6.38. The summed E-state index contributed by atoms with van der Waals surface area (Å²) in [6.07, 6.45) is 4.25. The van der Waals surface area contributed by atoms with Gasteiger partial charge in [0.1, 0.15) is 6.33 Å². The maximum absolute atomic E-state index is 12.0. The maximum atomic E-state index is 12.0. The van der Waals surface area contributed by atoms with Crippen molar-refractivity contribution < 1.29 is 4.79 Å². The van der Waals surface area contributed by atoms with Crippen molar-refractivity contribution in [3.05, 3.63) is 41.7 Å². The van der Waals surface area contributed by atoms with E-state index in [9.17, 15) is 4.79 Å². The molecule has 3 rings (SSSR count). The smallest absolute Gasteiger partial charge is 0.253 e. The van der Waals surface area contributed by atoms with Crippen molar-refractivity contribution in [2.24, 2.45) is 0 Å². The molecule has 1 aliphatic carbocycles. The van der Waals surface area contributed by atoms with Crippen LogP contribution in [0.1, 0.15) is 34.8 Å². The molecule has 0 bridgehead atoms. The number of nitrogens with zero attached hydrogens (tertiary/aromatic N) is 4. The zero-order chi connectivity index (χ0) is 14.8. The highest BCUT2D eigenvalue weighted by molar-refractivity contribution is 7.98. The lowest BCUT2D eigenvalue weighted by Gasteiger charge is -2.11. The third kappa shape index (κ3) is 3.26. The van der Waals surface area contributed by atoms with E-state index in [0.29, 0.717) is 6.04 Å². The fourth-order valence-electron chi connectivity index (χ4n) is 2.14. The summed E-state index contributed by atoms with van der Waals surface area (Å²) < 4.78 is 2.15. The highest BCUT2D eigenvalue weighted by Gasteiger charge is 2.26. The number of amides is 1. The van der Waals surface area contributed by atoms with Gasteiger partial charge in [-0.25, -0.2) is 0 Å². The number of hydrogen-bond acceptors (Lipinski definition) is 4. The summed E-state index contributed by atoms with van der Waals surface area (Å²) in [5, 5.41) is 9.14. The molecule has 0 radical (unpaired) electrons. The molecule has 0 atom stereocenters. The van der Waals surface area contributed by atoms with Crippen LogP contribution in [0.5, 0.6) is 0 Å². The minimum Gasteiger partial charge on any atom is -0.345 e. The van der Waals surface area contributed by atoms with Crippen LogP contribution in [0.4, 0.5) is 0 Å². The molecule has 0 saturated heterocycles. The lowest BCUT2D eigenvalue weighted by Crippen LogP contribution is -2.21. The first kappa shape index (κ1) is 14.1. The first-order chi connectivity index (χ1) is 10.1. The number of aromatic nitrogens is 3. The van der Waals surface area contributed by atoms with E-state index in [2.05, 4.69) is 14.8 Å². The molecule has 0 unspecified atom stereocenters. The normalized spacial score (nSPS) is 14.2. The monoisotopic (exact) mass is 302 g/mol. The second-order valence-electron chi connectivity index (χ2n) is 5.44. The van der Waals surface area contributed by atoms with Crippen LogP contribution in [-0.4, -0.2) is 39.7 Å². The molecule has 21 heavy (non-hydrogen) atoms. The summed E-state index contributed by atoms with van der Waals surface area (Å²) in [5.41, 5.74) is 1.85. The van der Waals surface area contributed by atoms with Gasteiger partial charge in [-0.1, -0.05) is 23.9 Å². The van der Waals surface area contributed by atoms with E-state index in [1.54, 1.807) is 30.8 Å². The van der Waals surface area contributed by atoms with Gasteiger partial charge in [0.15, 0.2) is 5.16 Å². The largest absolute Gasteiger partial charge is 0.345 e. The molecule has 0 aliphatic heterocycles. The Hall–Kier alpha value is -1.82. The van der Waals surface area contributed by atoms with Gasteiger partial charge >= 0.3 is 0 Å². The second kappa shape index (κ2) is 5.89. The van der Waals surface area contributed by atoms with E-state index >= 15 is 0 Å². The summed E-state index contributed by atoms with van der Waals surface area (Å²) >= 11 is 1.67. The van der Waals surface area contributed by atoms with Crippen molar-refractivity contribution in [2.75, 3.05) is 14.1 Å². The van der Waals surface area contributed by atoms with Gasteiger partial charge in [-0.05, 0) is 30.5 Å². The molecule has 1 saturated carbocycles. The first-order valence-electron chi connectivity index (χ1n) is 6.98. The van der Waals surface area contributed by atoms with Crippen molar-refractivity contribution in [1.29, 1.82) is 0 Å². The average Bonchev–Trinajstić information content (AvgIpc) is 3.23. The molecular formula is C15H18N4OS. The lowest BCUT2D eigenvalue weighted by molar-refractivity contribution is 0.0827. The molecular weight excluding hydrogens is 284 g/mol. The molecule has 1 amide bonds. The van der Waals surface area contributed by atoms with E-state index in [1.807, 2.05) is 30.6 Å². The van der Waals surface area contributed by atoms with Crippen molar-refractivity contribution in [3.63, 3.8) is 0 Å². The molecule has 1 aromatic carbocycles. The minimum absolute atomic E-state index is 0.0306. The molecule has 1 aromatic heterocycles. The number of thioether (sulfide) groups is 1. The summed E-state index contributed by atoms with van der Waals surface area (Å²) in [4.78, 5) is 13.6. The maximum Gasteiger partial charge on any atom is 0.253 e. The van der Waals surface area contributed by atoms with Crippen molar-refractivity contribution in [1.82, 2.24) is 19.7 Å². The van der Waals surface area contributed by atoms with Crippen LogP contribution in [0.25, 0.3) is 0 Å². The fourth-order valence-corrected chi connectivity index (χ4v) is 3.06. The lowest BCUT2D eigenvalue weighted by atomic mass is 10.1. The van der Waals surface area contributed by atoms with Crippen molar-refractivity contribution >= 4 is 17.7 Å². The van der Waals surface area contributed by atoms with Crippen LogP contribution >= 0.6 is 11.8 Å². The predicted octanol–water partition coefficient (Wildman–Crippen LogP) is 2.61. The van der Waals surface area contributed by atoms with Gasteiger partial charge in [0, 0.05) is 31.5 Å². The quantitative estimate of drug-likeness (QED) is 0.797. The minimum atomic E-state index is 0.0306. The zero-order valence-electron chi connectivity index (χ0n) is 12.2. The van der Waals surface area contributed by atoms with Crippen LogP contribution in [0.2, 0.25) is 0 Å².